The van der Waals surface area contributed by atoms with E-state index in [9.17, 15) is 18.0 Å². The number of anilines is 1. The molecule has 5 nitrogen and oxygen atoms in total. The maximum Gasteiger partial charge on any atom is 0.418 e. The van der Waals surface area contributed by atoms with Crippen LogP contribution < -0.4 is 5.32 Å². The Hall–Kier alpha value is -2.33. The van der Waals surface area contributed by atoms with Crippen LogP contribution in [0.3, 0.4) is 0 Å². The third-order valence-corrected chi connectivity index (χ3v) is 6.64. The Bertz CT molecular complexity index is 1060. The molecule has 3 rings (SSSR count). The van der Waals surface area contributed by atoms with E-state index in [2.05, 4.69) is 35.4 Å². The van der Waals surface area contributed by atoms with E-state index in [0.717, 1.165) is 23.4 Å². The van der Waals surface area contributed by atoms with Gasteiger partial charge in [-0.2, -0.15) is 13.2 Å². The first-order valence-corrected chi connectivity index (χ1v) is 11.6. The minimum absolute atomic E-state index is 0.0453. The summed E-state index contributed by atoms with van der Waals surface area (Å²) in [5.41, 5.74) is -0.171. The Kier molecular flexibility index (Phi) is 7.10. The van der Waals surface area contributed by atoms with Crippen LogP contribution >= 0.6 is 23.1 Å². The van der Waals surface area contributed by atoms with E-state index in [-0.39, 0.29) is 17.5 Å². The molecular weight excluding hydrogens is 445 g/mol. The van der Waals surface area contributed by atoms with E-state index in [1.54, 1.807) is 11.3 Å². The van der Waals surface area contributed by atoms with Crippen LogP contribution in [-0.4, -0.2) is 26.4 Å². The topological polar surface area (TPSA) is 59.8 Å². The molecular formula is C21H23F3N4OS2. The molecule has 1 N–H and O–H groups in total. The number of nitrogens with zero attached hydrogens (tertiary/aromatic N) is 3. The molecule has 0 aliphatic rings. The van der Waals surface area contributed by atoms with Gasteiger partial charge in [-0.1, -0.05) is 37.7 Å². The van der Waals surface area contributed by atoms with Gasteiger partial charge in [-0.05, 0) is 38.0 Å². The molecule has 0 saturated carbocycles. The van der Waals surface area contributed by atoms with E-state index < -0.39 is 17.6 Å². The highest BCUT2D eigenvalue weighted by Gasteiger charge is 2.33. The van der Waals surface area contributed by atoms with Gasteiger partial charge >= 0.3 is 6.18 Å². The Labute approximate surface area is 187 Å². The third kappa shape index (κ3) is 5.48. The lowest BCUT2D eigenvalue weighted by Crippen LogP contribution is -2.18. The molecule has 0 atom stereocenters. The van der Waals surface area contributed by atoms with Crippen molar-refractivity contribution < 1.29 is 18.0 Å². The highest BCUT2D eigenvalue weighted by Crippen LogP contribution is 2.35. The molecule has 2 aromatic heterocycles. The summed E-state index contributed by atoms with van der Waals surface area (Å²) in [5, 5.41) is 13.5. The number of carbonyl (C=O) groups is 1. The zero-order valence-electron chi connectivity index (χ0n) is 17.5. The summed E-state index contributed by atoms with van der Waals surface area (Å²) in [6, 6.07) is 7.05. The van der Waals surface area contributed by atoms with Crippen LogP contribution in [0.25, 0.3) is 11.4 Å². The van der Waals surface area contributed by atoms with Crippen LogP contribution in [0.5, 0.6) is 0 Å². The fourth-order valence-electron chi connectivity index (χ4n) is 2.97. The van der Waals surface area contributed by atoms with Crippen molar-refractivity contribution in [1.82, 2.24) is 14.8 Å². The average Bonchev–Trinajstić information content (AvgIpc) is 3.33. The van der Waals surface area contributed by atoms with Crippen LogP contribution in [0.1, 0.15) is 50.1 Å². The van der Waals surface area contributed by atoms with Crippen molar-refractivity contribution in [2.24, 2.45) is 0 Å². The molecule has 10 heteroatoms. The average molecular weight is 469 g/mol. The largest absolute Gasteiger partial charge is 0.418 e. The van der Waals surface area contributed by atoms with Gasteiger partial charge in [0.2, 0.25) is 5.91 Å². The number of aromatic nitrogens is 3. The highest BCUT2D eigenvalue weighted by atomic mass is 32.2. The smallest absolute Gasteiger partial charge is 0.325 e. The highest BCUT2D eigenvalue weighted by molar-refractivity contribution is 7.99. The first-order chi connectivity index (χ1) is 14.6. The second-order valence-corrected chi connectivity index (χ2v) is 9.43. The molecule has 2 heterocycles. The van der Waals surface area contributed by atoms with Gasteiger partial charge in [-0.15, -0.1) is 21.5 Å². The number of hydrogen-bond donors (Lipinski definition) is 1. The fourth-order valence-corrected chi connectivity index (χ4v) is 4.74. The Morgan fingerprint density at radius 2 is 1.90 bits per heavy atom. The van der Waals surface area contributed by atoms with Crippen molar-refractivity contribution >= 4 is 34.7 Å². The lowest BCUT2D eigenvalue weighted by molar-refractivity contribution is -0.137. The third-order valence-electron chi connectivity index (χ3n) is 4.47. The van der Waals surface area contributed by atoms with E-state index in [0.29, 0.717) is 16.9 Å². The number of para-hydroxylation sites is 1. The number of amides is 1. The number of carbonyl (C=O) groups excluding carboxylic acids is 1. The van der Waals surface area contributed by atoms with Crippen LogP contribution in [0.15, 0.2) is 40.9 Å². The van der Waals surface area contributed by atoms with Gasteiger partial charge in [0.05, 0.1) is 17.0 Å². The number of benzene rings is 1. The van der Waals surface area contributed by atoms with Crippen LogP contribution in [0.4, 0.5) is 18.9 Å². The van der Waals surface area contributed by atoms with E-state index >= 15 is 0 Å². The molecule has 0 spiro atoms. The number of hydrogen-bond acceptors (Lipinski definition) is 5. The molecule has 0 radical (unpaired) electrons. The van der Waals surface area contributed by atoms with Crippen molar-refractivity contribution in [3.8, 4) is 11.4 Å². The van der Waals surface area contributed by atoms with Gasteiger partial charge in [0.1, 0.15) is 0 Å². The molecule has 3 aromatic rings. The van der Waals surface area contributed by atoms with Crippen LogP contribution in [0, 0.1) is 0 Å². The maximum absolute atomic E-state index is 13.1. The predicted octanol–water partition coefficient (Wildman–Crippen LogP) is 6.46. The lowest BCUT2D eigenvalue weighted by Gasteiger charge is -2.14. The molecule has 1 aromatic carbocycles. The van der Waals surface area contributed by atoms with Gasteiger partial charge < -0.3 is 5.32 Å². The number of nitrogens with one attached hydrogen (secondary N) is 1. The SMILES string of the molecule is CC(C)c1cc(-c2nnc(SCC(=O)Nc3ccccc3C(F)(F)F)n2C(C)C)cs1. The second-order valence-electron chi connectivity index (χ2n) is 7.54. The summed E-state index contributed by atoms with van der Waals surface area (Å²) in [5.74, 6) is 0.492. The maximum atomic E-state index is 13.1. The molecule has 0 fully saturated rings. The molecule has 0 saturated heterocycles. The molecule has 0 bridgehead atoms. The van der Waals surface area contributed by atoms with Gasteiger partial charge in [0, 0.05) is 21.9 Å². The van der Waals surface area contributed by atoms with Gasteiger partial charge in [-0.25, -0.2) is 0 Å². The fraction of sp³-hybridized carbons (Fsp3) is 0.381. The summed E-state index contributed by atoms with van der Waals surface area (Å²) < 4.78 is 41.3. The molecule has 0 unspecified atom stereocenters. The van der Waals surface area contributed by atoms with Crippen molar-refractivity contribution in [1.29, 1.82) is 0 Å². The molecule has 31 heavy (non-hydrogen) atoms. The zero-order valence-corrected chi connectivity index (χ0v) is 19.2. The second kappa shape index (κ2) is 9.44. The first kappa shape index (κ1) is 23.3. The monoisotopic (exact) mass is 468 g/mol. The minimum atomic E-state index is -4.54. The summed E-state index contributed by atoms with van der Waals surface area (Å²) in [7, 11) is 0. The van der Waals surface area contributed by atoms with E-state index in [1.165, 1.54) is 23.1 Å². The Morgan fingerprint density at radius 3 is 2.52 bits per heavy atom. The Balaban J connectivity index is 1.75. The van der Waals surface area contributed by atoms with Crippen molar-refractivity contribution in [3.63, 3.8) is 0 Å². The summed E-state index contributed by atoms with van der Waals surface area (Å²) in [6.07, 6.45) is -4.54. The number of alkyl halides is 3. The predicted molar refractivity (Wildman–Crippen MR) is 119 cm³/mol. The summed E-state index contributed by atoms with van der Waals surface area (Å²) >= 11 is 2.81. The van der Waals surface area contributed by atoms with Crippen molar-refractivity contribution in [3.05, 3.63) is 46.2 Å². The minimum Gasteiger partial charge on any atom is -0.325 e. The number of thiophene rings is 1. The van der Waals surface area contributed by atoms with E-state index in [1.807, 2.05) is 23.8 Å². The van der Waals surface area contributed by atoms with Crippen molar-refractivity contribution in [2.45, 2.75) is 51.0 Å². The normalized spacial score (nSPS) is 12.0. The van der Waals surface area contributed by atoms with Gasteiger partial charge in [0.25, 0.3) is 0 Å². The summed E-state index contributed by atoms with van der Waals surface area (Å²) in [6.45, 7) is 8.23. The summed E-state index contributed by atoms with van der Waals surface area (Å²) in [4.78, 5) is 13.6. The van der Waals surface area contributed by atoms with Gasteiger partial charge in [0.15, 0.2) is 11.0 Å². The van der Waals surface area contributed by atoms with Crippen molar-refractivity contribution in [2.75, 3.05) is 11.1 Å². The number of thioether (sulfide) groups is 1. The molecule has 0 aliphatic heterocycles. The lowest BCUT2D eigenvalue weighted by atomic mass is 10.1. The quantitative estimate of drug-likeness (QED) is 0.404. The Morgan fingerprint density at radius 1 is 1.19 bits per heavy atom. The molecule has 0 aliphatic carbocycles. The van der Waals surface area contributed by atoms with Gasteiger partial charge in [-0.3, -0.25) is 9.36 Å². The van der Waals surface area contributed by atoms with Crippen LogP contribution in [0.2, 0.25) is 0 Å². The van der Waals surface area contributed by atoms with Crippen LogP contribution in [-0.2, 0) is 11.0 Å². The molecule has 1 amide bonds. The van der Waals surface area contributed by atoms with E-state index in [4.69, 9.17) is 0 Å². The first-order valence-electron chi connectivity index (χ1n) is 9.70. The standard InChI is InChI=1S/C21H23F3N4OS2/c1-12(2)17-9-14(10-30-17)19-26-27-20(28(19)13(3)4)31-11-18(29)25-16-8-6-5-7-15(16)21(22,23)24/h5-10,12-13H,11H2,1-4H3,(H,25,29). The number of halogens is 3. The zero-order chi connectivity index (χ0) is 22.8. The molecule has 166 valence electrons. The number of rotatable bonds is 7.